The fraction of sp³-hybridized carbons (Fsp3) is 0.409. The predicted molar refractivity (Wildman–Crippen MR) is 122 cm³/mol. The Morgan fingerprint density at radius 3 is 2.19 bits per heavy atom. The van der Waals surface area contributed by atoms with Crippen LogP contribution in [0.2, 0.25) is 5.02 Å². The van der Waals surface area contributed by atoms with Crippen molar-refractivity contribution in [2.75, 3.05) is 31.1 Å². The average molecular weight is 444 g/mol. The number of hydrogen-bond acceptors (Lipinski definition) is 4. The molecule has 0 saturated carbocycles. The topological polar surface area (TPSA) is 72.5 Å². The van der Waals surface area contributed by atoms with E-state index in [0.29, 0.717) is 42.2 Å². The summed E-state index contributed by atoms with van der Waals surface area (Å²) in [5.74, 6) is -0.0250. The number of aryl methyl sites for hydroxylation is 1. The van der Waals surface area contributed by atoms with Crippen LogP contribution in [-0.2, 0) is 24.4 Å². The van der Waals surface area contributed by atoms with E-state index in [1.165, 1.54) is 4.57 Å². The Bertz CT molecular complexity index is 1220. The van der Waals surface area contributed by atoms with Crippen molar-refractivity contribution >= 4 is 34.2 Å². The van der Waals surface area contributed by atoms with Crippen LogP contribution in [0, 0.1) is 0 Å². The first-order valence-electron chi connectivity index (χ1n) is 10.5. The molecular weight excluding hydrogens is 418 g/mol. The summed E-state index contributed by atoms with van der Waals surface area (Å²) in [6.07, 6.45) is 1.72. The van der Waals surface area contributed by atoms with Crippen LogP contribution >= 0.6 is 11.6 Å². The van der Waals surface area contributed by atoms with Gasteiger partial charge in [-0.15, -0.1) is 0 Å². The zero-order valence-electron chi connectivity index (χ0n) is 17.8. The smallest absolute Gasteiger partial charge is 0.332 e. The lowest BCUT2D eigenvalue weighted by molar-refractivity contribution is -0.132. The molecule has 0 N–H and O–H groups in total. The molecule has 2 aromatic heterocycles. The van der Waals surface area contributed by atoms with Gasteiger partial charge < -0.3 is 14.4 Å². The maximum absolute atomic E-state index is 13.0. The number of carbonyl (C=O) groups excluding carboxylic acids is 1. The second kappa shape index (κ2) is 8.63. The van der Waals surface area contributed by atoms with Crippen molar-refractivity contribution in [2.45, 2.75) is 33.5 Å². The quantitative estimate of drug-likeness (QED) is 0.604. The Balaban J connectivity index is 1.52. The average Bonchev–Trinajstić information content (AvgIpc) is 3.19. The highest BCUT2D eigenvalue weighted by molar-refractivity contribution is 6.30. The molecule has 0 spiro atoms. The van der Waals surface area contributed by atoms with Gasteiger partial charge in [0.25, 0.3) is 5.56 Å². The van der Waals surface area contributed by atoms with Crippen LogP contribution in [0.5, 0.6) is 0 Å². The van der Waals surface area contributed by atoms with Gasteiger partial charge in [-0.05, 0) is 44.2 Å². The molecule has 31 heavy (non-hydrogen) atoms. The van der Waals surface area contributed by atoms with Crippen LogP contribution in [0.3, 0.4) is 0 Å². The largest absolute Gasteiger partial charge is 0.368 e. The Labute approximate surface area is 184 Å². The van der Waals surface area contributed by atoms with Crippen LogP contribution < -0.4 is 16.1 Å². The fourth-order valence-corrected chi connectivity index (χ4v) is 4.33. The highest BCUT2D eigenvalue weighted by Crippen LogP contribution is 2.20. The molecule has 9 heteroatoms. The summed E-state index contributed by atoms with van der Waals surface area (Å²) in [7, 11) is 0. The second-order valence-electron chi connectivity index (χ2n) is 7.60. The maximum Gasteiger partial charge on any atom is 0.332 e. The summed E-state index contributed by atoms with van der Waals surface area (Å²) in [6, 6.07) is 9.40. The zero-order chi connectivity index (χ0) is 22.1. The number of piperazine rings is 1. The van der Waals surface area contributed by atoms with Gasteiger partial charge in [0, 0.05) is 56.2 Å². The zero-order valence-corrected chi connectivity index (χ0v) is 18.5. The molecule has 1 aliphatic heterocycles. The van der Waals surface area contributed by atoms with Crippen LogP contribution in [0.15, 0.2) is 46.1 Å². The third-order valence-electron chi connectivity index (χ3n) is 5.89. The first-order chi connectivity index (χ1) is 14.9. The van der Waals surface area contributed by atoms with Crippen molar-refractivity contribution in [2.24, 2.45) is 0 Å². The Morgan fingerprint density at radius 1 is 0.935 bits per heavy atom. The van der Waals surface area contributed by atoms with Crippen LogP contribution in [0.1, 0.15) is 13.8 Å². The van der Waals surface area contributed by atoms with Crippen molar-refractivity contribution < 1.29 is 4.79 Å². The third-order valence-corrected chi connectivity index (χ3v) is 6.14. The van der Waals surface area contributed by atoms with E-state index < -0.39 is 0 Å². The predicted octanol–water partition coefficient (Wildman–Crippen LogP) is 2.01. The lowest BCUT2D eigenvalue weighted by atomic mass is 10.2. The molecule has 4 rings (SSSR count). The first kappa shape index (κ1) is 21.2. The van der Waals surface area contributed by atoms with Crippen molar-refractivity contribution in [3.8, 4) is 0 Å². The number of benzene rings is 1. The fourth-order valence-electron chi connectivity index (χ4n) is 4.20. The molecule has 0 aliphatic carbocycles. The molecule has 0 bridgehead atoms. The summed E-state index contributed by atoms with van der Waals surface area (Å²) in [4.78, 5) is 42.4. The molecule has 1 amide bonds. The minimum atomic E-state index is -0.341. The Morgan fingerprint density at radius 2 is 1.58 bits per heavy atom. The summed E-state index contributed by atoms with van der Waals surface area (Å²) in [5, 5.41) is 1.16. The standard InChI is InChI=1S/C22H26ClN5O3/c1-3-27-20-18(21(30)28(4-2)22(27)31)9-10-26(20)15-19(29)25-13-11-24(12-14-25)17-7-5-16(23)6-8-17/h5-10H,3-4,11-15H2,1-2H3. The molecule has 1 fully saturated rings. The van der Waals surface area contributed by atoms with E-state index in [1.54, 1.807) is 28.3 Å². The van der Waals surface area contributed by atoms with Crippen molar-refractivity contribution in [3.63, 3.8) is 0 Å². The number of halogens is 1. The molecule has 0 radical (unpaired) electrons. The summed E-state index contributed by atoms with van der Waals surface area (Å²) in [6.45, 7) is 7.18. The van der Waals surface area contributed by atoms with Crippen molar-refractivity contribution in [1.82, 2.24) is 18.6 Å². The van der Waals surface area contributed by atoms with Crippen molar-refractivity contribution in [1.29, 1.82) is 0 Å². The van der Waals surface area contributed by atoms with E-state index in [1.807, 2.05) is 36.1 Å². The molecule has 3 aromatic rings. The summed E-state index contributed by atoms with van der Waals surface area (Å²) >= 11 is 5.97. The molecule has 0 unspecified atom stereocenters. The van der Waals surface area contributed by atoms with Gasteiger partial charge >= 0.3 is 5.69 Å². The Kier molecular flexibility index (Phi) is 5.91. The lowest BCUT2D eigenvalue weighted by Gasteiger charge is -2.36. The molecule has 1 aromatic carbocycles. The maximum atomic E-state index is 13.0. The van der Waals surface area contributed by atoms with E-state index >= 15 is 0 Å². The van der Waals surface area contributed by atoms with Gasteiger partial charge in [0.05, 0.1) is 5.39 Å². The minimum absolute atomic E-state index is 0.0250. The van der Waals surface area contributed by atoms with Crippen LogP contribution in [0.4, 0.5) is 5.69 Å². The van der Waals surface area contributed by atoms with E-state index in [9.17, 15) is 14.4 Å². The molecule has 0 atom stereocenters. The number of nitrogens with zero attached hydrogens (tertiary/aromatic N) is 5. The summed E-state index contributed by atoms with van der Waals surface area (Å²) < 4.78 is 4.51. The number of anilines is 1. The molecule has 1 saturated heterocycles. The van der Waals surface area contributed by atoms with Gasteiger partial charge in [-0.2, -0.15) is 0 Å². The van der Waals surface area contributed by atoms with E-state index in [4.69, 9.17) is 11.6 Å². The Hall–Kier alpha value is -3.00. The van der Waals surface area contributed by atoms with Gasteiger partial charge in [-0.3, -0.25) is 18.7 Å². The van der Waals surface area contributed by atoms with Crippen LogP contribution in [-0.4, -0.2) is 50.7 Å². The lowest BCUT2D eigenvalue weighted by Crippen LogP contribution is -2.49. The minimum Gasteiger partial charge on any atom is -0.368 e. The van der Waals surface area contributed by atoms with Gasteiger partial charge in [-0.1, -0.05) is 11.6 Å². The van der Waals surface area contributed by atoms with Gasteiger partial charge in [0.1, 0.15) is 12.2 Å². The highest BCUT2D eigenvalue weighted by Gasteiger charge is 2.23. The monoisotopic (exact) mass is 443 g/mol. The first-order valence-corrected chi connectivity index (χ1v) is 10.9. The molecule has 8 nitrogen and oxygen atoms in total. The number of fused-ring (bicyclic) bond motifs is 1. The summed E-state index contributed by atoms with van der Waals surface area (Å²) in [5.41, 5.74) is 0.948. The molecular formula is C22H26ClN5O3. The highest BCUT2D eigenvalue weighted by atomic mass is 35.5. The SMILES string of the molecule is CCn1c(=O)c2ccn(CC(=O)N3CCN(c4ccc(Cl)cc4)CC3)c2n(CC)c1=O. The van der Waals surface area contributed by atoms with Gasteiger partial charge in [0.2, 0.25) is 5.91 Å². The van der Waals surface area contributed by atoms with Crippen LogP contribution in [0.25, 0.3) is 11.0 Å². The van der Waals surface area contributed by atoms with E-state index in [-0.39, 0.29) is 23.7 Å². The number of hydrogen-bond donors (Lipinski definition) is 0. The van der Waals surface area contributed by atoms with E-state index in [2.05, 4.69) is 4.90 Å². The molecule has 164 valence electrons. The number of carbonyl (C=O) groups is 1. The number of rotatable bonds is 5. The third kappa shape index (κ3) is 3.87. The van der Waals surface area contributed by atoms with E-state index in [0.717, 1.165) is 18.8 Å². The number of amides is 1. The number of aromatic nitrogens is 3. The van der Waals surface area contributed by atoms with Crippen molar-refractivity contribution in [3.05, 3.63) is 62.4 Å². The molecule has 1 aliphatic rings. The second-order valence-corrected chi connectivity index (χ2v) is 8.04. The molecule has 3 heterocycles. The van der Waals surface area contributed by atoms with Gasteiger partial charge in [-0.25, -0.2) is 4.79 Å². The normalized spacial score (nSPS) is 14.4. The van der Waals surface area contributed by atoms with Gasteiger partial charge in [0.15, 0.2) is 0 Å².